The average Bonchev–Trinajstić information content (AvgIpc) is 3.04. The van der Waals surface area contributed by atoms with Crippen LogP contribution in [0.4, 0.5) is 0 Å². The molecule has 0 aromatic carbocycles. The van der Waals surface area contributed by atoms with Crippen LogP contribution >= 0.6 is 0 Å². The van der Waals surface area contributed by atoms with E-state index in [2.05, 4.69) is 27.7 Å². The van der Waals surface area contributed by atoms with Crippen molar-refractivity contribution >= 4 is 5.97 Å². The Morgan fingerprint density at radius 1 is 1.15 bits per heavy atom. The third-order valence-corrected chi connectivity index (χ3v) is 6.24. The molecule has 0 spiro atoms. The van der Waals surface area contributed by atoms with Crippen molar-refractivity contribution in [3.8, 4) is 0 Å². The monoisotopic (exact) mass is 280 g/mol. The van der Waals surface area contributed by atoms with Crippen LogP contribution in [0.25, 0.3) is 0 Å². The lowest BCUT2D eigenvalue weighted by Gasteiger charge is -2.35. The van der Waals surface area contributed by atoms with Crippen molar-refractivity contribution in [1.29, 1.82) is 0 Å². The van der Waals surface area contributed by atoms with Crippen molar-refractivity contribution in [3.05, 3.63) is 0 Å². The molecule has 3 unspecified atom stereocenters. The zero-order valence-electron chi connectivity index (χ0n) is 13.8. The van der Waals surface area contributed by atoms with Gasteiger partial charge in [0.2, 0.25) is 0 Å². The summed E-state index contributed by atoms with van der Waals surface area (Å²) < 4.78 is 6.12. The molecule has 0 N–H and O–H groups in total. The van der Waals surface area contributed by atoms with Crippen LogP contribution in [0.15, 0.2) is 0 Å². The summed E-state index contributed by atoms with van der Waals surface area (Å²) in [4.78, 5) is 12.9. The van der Waals surface area contributed by atoms with E-state index in [9.17, 15) is 4.79 Å². The highest BCUT2D eigenvalue weighted by Gasteiger charge is 2.51. The molecule has 2 saturated carbocycles. The summed E-state index contributed by atoms with van der Waals surface area (Å²) in [5, 5.41) is 0. The standard InChI is InChI=1S/C18H32O2/c1-5-14-12-15(6-2)17(4,13-14)16(19)20-18(7-3)10-8-9-11-18/h14-15H,5-13H2,1-4H3. The van der Waals surface area contributed by atoms with E-state index < -0.39 is 0 Å². The Balaban J connectivity index is 2.10. The second-order valence-corrected chi connectivity index (χ2v) is 7.37. The molecule has 116 valence electrons. The molecule has 0 aromatic rings. The fourth-order valence-electron chi connectivity index (χ4n) is 4.55. The number of rotatable bonds is 5. The first-order valence-corrected chi connectivity index (χ1v) is 8.73. The first kappa shape index (κ1) is 15.9. The maximum absolute atomic E-state index is 12.9. The number of hydrogen-bond acceptors (Lipinski definition) is 2. The Kier molecular flexibility index (Phi) is 4.81. The van der Waals surface area contributed by atoms with Gasteiger partial charge in [-0.1, -0.05) is 33.6 Å². The SMILES string of the molecule is CCC1CC(CC)C(C)(C(=O)OC2(CC)CCCC2)C1. The van der Waals surface area contributed by atoms with Gasteiger partial charge in [-0.05, 0) is 63.7 Å². The van der Waals surface area contributed by atoms with Crippen LogP contribution in [0, 0.1) is 17.3 Å². The van der Waals surface area contributed by atoms with E-state index >= 15 is 0 Å². The summed E-state index contributed by atoms with van der Waals surface area (Å²) in [6.07, 6.45) is 10.1. The molecule has 0 bridgehead atoms. The van der Waals surface area contributed by atoms with Crippen LogP contribution < -0.4 is 0 Å². The van der Waals surface area contributed by atoms with Gasteiger partial charge in [-0.3, -0.25) is 4.79 Å². The molecule has 3 atom stereocenters. The molecule has 2 nitrogen and oxygen atoms in total. The normalized spacial score (nSPS) is 36.2. The lowest BCUT2D eigenvalue weighted by atomic mass is 9.78. The van der Waals surface area contributed by atoms with E-state index in [1.807, 2.05) is 0 Å². The maximum atomic E-state index is 12.9. The zero-order chi connectivity index (χ0) is 14.8. The third-order valence-electron chi connectivity index (χ3n) is 6.24. The number of carbonyl (C=O) groups excluding carboxylic acids is 1. The maximum Gasteiger partial charge on any atom is 0.312 e. The number of hydrogen-bond donors (Lipinski definition) is 0. The lowest BCUT2D eigenvalue weighted by Crippen LogP contribution is -2.40. The minimum Gasteiger partial charge on any atom is -0.459 e. The van der Waals surface area contributed by atoms with Gasteiger partial charge in [0.15, 0.2) is 0 Å². The van der Waals surface area contributed by atoms with Crippen LogP contribution in [0.5, 0.6) is 0 Å². The van der Waals surface area contributed by atoms with Gasteiger partial charge in [0.1, 0.15) is 5.60 Å². The quantitative estimate of drug-likeness (QED) is 0.654. The van der Waals surface area contributed by atoms with Crippen molar-refractivity contribution in [2.75, 3.05) is 0 Å². The lowest BCUT2D eigenvalue weighted by molar-refractivity contribution is -0.174. The second-order valence-electron chi connectivity index (χ2n) is 7.37. The molecular weight excluding hydrogens is 248 g/mol. The molecule has 2 rings (SSSR count). The molecule has 0 saturated heterocycles. The van der Waals surface area contributed by atoms with Crippen LogP contribution in [-0.4, -0.2) is 11.6 Å². The van der Waals surface area contributed by atoms with Gasteiger partial charge < -0.3 is 4.74 Å². The molecule has 0 heterocycles. The Morgan fingerprint density at radius 3 is 2.30 bits per heavy atom. The highest BCUT2D eigenvalue weighted by atomic mass is 16.6. The third kappa shape index (κ3) is 2.76. The van der Waals surface area contributed by atoms with Crippen molar-refractivity contribution in [3.63, 3.8) is 0 Å². The largest absolute Gasteiger partial charge is 0.459 e. The van der Waals surface area contributed by atoms with Crippen molar-refractivity contribution < 1.29 is 9.53 Å². The van der Waals surface area contributed by atoms with E-state index in [-0.39, 0.29) is 17.0 Å². The van der Waals surface area contributed by atoms with Crippen LogP contribution in [0.1, 0.15) is 85.5 Å². The van der Waals surface area contributed by atoms with E-state index in [1.54, 1.807) is 0 Å². The fraction of sp³-hybridized carbons (Fsp3) is 0.944. The van der Waals surface area contributed by atoms with Gasteiger partial charge in [0.25, 0.3) is 0 Å². The van der Waals surface area contributed by atoms with Gasteiger partial charge >= 0.3 is 5.97 Å². The molecule has 0 aromatic heterocycles. The summed E-state index contributed by atoms with van der Waals surface area (Å²) in [7, 11) is 0. The molecule has 0 amide bonds. The minimum atomic E-state index is -0.236. The Labute approximate surface area is 124 Å². The van der Waals surface area contributed by atoms with Crippen LogP contribution in [-0.2, 0) is 9.53 Å². The van der Waals surface area contributed by atoms with E-state index in [4.69, 9.17) is 4.74 Å². The molecule has 2 fully saturated rings. The van der Waals surface area contributed by atoms with Gasteiger partial charge in [-0.25, -0.2) is 0 Å². The molecule has 2 aliphatic carbocycles. The van der Waals surface area contributed by atoms with Gasteiger partial charge in [0.05, 0.1) is 5.41 Å². The summed E-state index contributed by atoms with van der Waals surface area (Å²) in [5.41, 5.74) is -0.372. The summed E-state index contributed by atoms with van der Waals surface area (Å²) in [6.45, 7) is 8.80. The smallest absolute Gasteiger partial charge is 0.312 e. The van der Waals surface area contributed by atoms with Crippen molar-refractivity contribution in [2.24, 2.45) is 17.3 Å². The molecule has 0 aliphatic heterocycles. The summed E-state index contributed by atoms with van der Waals surface area (Å²) in [6, 6.07) is 0. The molecule has 0 radical (unpaired) electrons. The molecule has 2 heteroatoms. The Bertz CT molecular complexity index is 343. The predicted octanol–water partition coefficient (Wildman–Crippen LogP) is 5.10. The first-order chi connectivity index (χ1) is 9.49. The average molecular weight is 280 g/mol. The summed E-state index contributed by atoms with van der Waals surface area (Å²) >= 11 is 0. The highest BCUT2D eigenvalue weighted by Crippen LogP contribution is 2.51. The summed E-state index contributed by atoms with van der Waals surface area (Å²) in [5.74, 6) is 1.32. The van der Waals surface area contributed by atoms with Crippen LogP contribution in [0.3, 0.4) is 0 Å². The molecular formula is C18H32O2. The van der Waals surface area contributed by atoms with Gasteiger partial charge in [-0.2, -0.15) is 0 Å². The van der Waals surface area contributed by atoms with Gasteiger partial charge in [0, 0.05) is 0 Å². The Morgan fingerprint density at radius 2 is 1.80 bits per heavy atom. The van der Waals surface area contributed by atoms with Gasteiger partial charge in [-0.15, -0.1) is 0 Å². The fourth-order valence-corrected chi connectivity index (χ4v) is 4.55. The van der Waals surface area contributed by atoms with E-state index in [1.165, 1.54) is 25.7 Å². The zero-order valence-corrected chi connectivity index (χ0v) is 13.8. The number of carbonyl (C=O) groups is 1. The van der Waals surface area contributed by atoms with Crippen LogP contribution in [0.2, 0.25) is 0 Å². The van der Waals surface area contributed by atoms with Crippen molar-refractivity contribution in [2.45, 2.75) is 91.1 Å². The predicted molar refractivity (Wildman–Crippen MR) is 82.5 cm³/mol. The van der Waals surface area contributed by atoms with E-state index in [0.717, 1.165) is 32.1 Å². The topological polar surface area (TPSA) is 26.3 Å². The van der Waals surface area contributed by atoms with Crippen molar-refractivity contribution in [1.82, 2.24) is 0 Å². The second kappa shape index (κ2) is 6.07. The number of ether oxygens (including phenoxy) is 1. The Hall–Kier alpha value is -0.530. The first-order valence-electron chi connectivity index (χ1n) is 8.73. The minimum absolute atomic E-state index is 0.101. The number of esters is 1. The highest BCUT2D eigenvalue weighted by molar-refractivity contribution is 5.77. The molecule has 20 heavy (non-hydrogen) atoms. The van der Waals surface area contributed by atoms with E-state index in [0.29, 0.717) is 11.8 Å². The molecule has 2 aliphatic rings.